The van der Waals surface area contributed by atoms with Crippen molar-refractivity contribution in [3.63, 3.8) is 0 Å². The molecule has 25 heavy (non-hydrogen) atoms. The van der Waals surface area contributed by atoms with E-state index >= 15 is 0 Å². The van der Waals surface area contributed by atoms with Crippen LogP contribution in [-0.4, -0.2) is 33.1 Å². The van der Waals surface area contributed by atoms with E-state index in [9.17, 15) is 24.8 Å². The highest BCUT2D eigenvalue weighted by Gasteiger charge is 2.59. The first-order valence-corrected chi connectivity index (χ1v) is 8.45. The second-order valence-corrected chi connectivity index (χ2v) is 7.21. The zero-order valence-corrected chi connectivity index (χ0v) is 14.3. The third-order valence-corrected chi connectivity index (χ3v) is 5.65. The van der Waals surface area contributed by atoms with Crippen LogP contribution in [0.25, 0.3) is 0 Å². The first-order valence-electron chi connectivity index (χ1n) is 7.65. The van der Waals surface area contributed by atoms with Crippen molar-refractivity contribution in [1.82, 2.24) is 5.01 Å². The van der Waals surface area contributed by atoms with Gasteiger partial charge < -0.3 is 5.11 Å². The molecular weight excluding hydrogens is 394 g/mol. The Hall–Kier alpha value is -2.55. The Morgan fingerprint density at radius 3 is 2.40 bits per heavy atom. The molecule has 9 heteroatoms. The lowest BCUT2D eigenvalue weighted by atomic mass is 9.85. The van der Waals surface area contributed by atoms with Gasteiger partial charge in [-0.25, -0.2) is 0 Å². The summed E-state index contributed by atoms with van der Waals surface area (Å²) in [6, 6.07) is 2.29. The zero-order valence-electron chi connectivity index (χ0n) is 12.7. The standard InChI is InChI=1S/C16H12BrN3O5/c17-11-5-10(20(24)25)4-9(14(11)21)6-18-19-15(22)12-7-1-2-8(3-7)13(12)16(19)23/h1-2,4-8,12-13,21H,3H2/b18-6-/t7-,8-,12+,13+/m0/s1. The number of carbonyl (C=O) groups is 2. The lowest BCUT2D eigenvalue weighted by Crippen LogP contribution is -2.28. The maximum Gasteiger partial charge on any atom is 0.271 e. The summed E-state index contributed by atoms with van der Waals surface area (Å²) in [5.74, 6) is -1.55. The Bertz CT molecular complexity index is 851. The number of benzene rings is 1. The maximum atomic E-state index is 12.5. The highest BCUT2D eigenvalue weighted by Crippen LogP contribution is 2.52. The first-order chi connectivity index (χ1) is 11.9. The maximum absolute atomic E-state index is 12.5. The lowest BCUT2D eigenvalue weighted by molar-refractivity contribution is -0.385. The van der Waals surface area contributed by atoms with Gasteiger partial charge in [-0.15, -0.1) is 0 Å². The molecule has 0 aromatic heterocycles. The molecule has 1 N–H and O–H groups in total. The summed E-state index contributed by atoms with van der Waals surface area (Å²) in [4.78, 5) is 35.3. The highest BCUT2D eigenvalue weighted by molar-refractivity contribution is 9.10. The minimum Gasteiger partial charge on any atom is -0.506 e. The number of imide groups is 1. The van der Waals surface area contributed by atoms with E-state index < -0.39 is 4.92 Å². The minimum absolute atomic E-state index is 0.0415. The van der Waals surface area contributed by atoms with Crippen molar-refractivity contribution < 1.29 is 19.6 Å². The van der Waals surface area contributed by atoms with Gasteiger partial charge in [-0.2, -0.15) is 10.1 Å². The van der Waals surface area contributed by atoms with Gasteiger partial charge in [-0.05, 0) is 34.2 Å². The number of hydrazone groups is 1. The SMILES string of the molecule is O=C1[C@H]2[C@H](C(=O)N1/N=C\c1cc([N+](=O)[O-])cc(Br)c1O)[C@H]1C=C[C@H]2C1. The fraction of sp³-hybridized carbons (Fsp3) is 0.312. The number of non-ortho nitro benzene ring substituents is 1. The second-order valence-electron chi connectivity index (χ2n) is 6.36. The number of hydrogen-bond donors (Lipinski definition) is 1. The number of hydrogen-bond acceptors (Lipinski definition) is 6. The molecule has 4 rings (SSSR count). The normalized spacial score (nSPS) is 29.9. The van der Waals surface area contributed by atoms with Crippen LogP contribution in [0.1, 0.15) is 12.0 Å². The van der Waals surface area contributed by atoms with E-state index in [1.54, 1.807) is 0 Å². The van der Waals surface area contributed by atoms with Gasteiger partial charge in [0.1, 0.15) is 5.75 Å². The van der Waals surface area contributed by atoms with Crippen LogP contribution in [0.15, 0.2) is 33.9 Å². The second kappa shape index (κ2) is 5.48. The molecule has 1 saturated heterocycles. The fourth-order valence-corrected chi connectivity index (χ4v) is 4.39. The molecule has 8 nitrogen and oxygen atoms in total. The number of nitro benzene ring substituents is 1. The quantitative estimate of drug-likeness (QED) is 0.272. The average molecular weight is 406 g/mol. The van der Waals surface area contributed by atoms with Crippen LogP contribution in [-0.2, 0) is 9.59 Å². The number of carbonyl (C=O) groups excluding carboxylic acids is 2. The molecule has 0 unspecified atom stereocenters. The van der Waals surface area contributed by atoms with Gasteiger partial charge in [0.2, 0.25) is 0 Å². The molecule has 2 fully saturated rings. The van der Waals surface area contributed by atoms with Gasteiger partial charge >= 0.3 is 0 Å². The van der Waals surface area contributed by atoms with E-state index in [-0.39, 0.29) is 57.0 Å². The predicted octanol–water partition coefficient (Wildman–Crippen LogP) is 2.20. The fourth-order valence-electron chi connectivity index (χ4n) is 3.93. The summed E-state index contributed by atoms with van der Waals surface area (Å²) >= 11 is 3.03. The first kappa shape index (κ1) is 15.9. The van der Waals surface area contributed by atoms with Gasteiger partial charge in [-0.1, -0.05) is 12.2 Å². The summed E-state index contributed by atoms with van der Waals surface area (Å²) in [7, 11) is 0. The Morgan fingerprint density at radius 1 is 1.24 bits per heavy atom. The van der Waals surface area contributed by atoms with Crippen molar-refractivity contribution in [2.24, 2.45) is 28.8 Å². The van der Waals surface area contributed by atoms with E-state index in [1.165, 1.54) is 0 Å². The van der Waals surface area contributed by atoms with E-state index in [2.05, 4.69) is 21.0 Å². The molecule has 4 atom stereocenters. The smallest absolute Gasteiger partial charge is 0.271 e. The predicted molar refractivity (Wildman–Crippen MR) is 89.6 cm³/mol. The number of phenols is 1. The third-order valence-electron chi connectivity index (χ3n) is 5.05. The number of rotatable bonds is 3. The molecule has 1 heterocycles. The van der Waals surface area contributed by atoms with E-state index in [0.717, 1.165) is 29.8 Å². The van der Waals surface area contributed by atoms with Gasteiger partial charge in [0, 0.05) is 17.7 Å². The molecule has 1 aliphatic heterocycles. The van der Waals surface area contributed by atoms with Crippen LogP contribution in [0.5, 0.6) is 5.75 Å². The van der Waals surface area contributed by atoms with Crippen LogP contribution in [0.4, 0.5) is 5.69 Å². The van der Waals surface area contributed by atoms with E-state index in [0.29, 0.717) is 0 Å². The lowest BCUT2D eigenvalue weighted by Gasteiger charge is -2.13. The van der Waals surface area contributed by atoms with Crippen LogP contribution in [0.3, 0.4) is 0 Å². The molecule has 1 aromatic rings. The van der Waals surface area contributed by atoms with Crippen molar-refractivity contribution in [2.45, 2.75) is 6.42 Å². The number of halogens is 1. The molecule has 2 bridgehead atoms. The highest BCUT2D eigenvalue weighted by atomic mass is 79.9. The third kappa shape index (κ3) is 2.30. The summed E-state index contributed by atoms with van der Waals surface area (Å²) in [6.07, 6.45) is 5.88. The molecule has 3 aliphatic rings. The van der Waals surface area contributed by atoms with Gasteiger partial charge in [0.25, 0.3) is 17.5 Å². The molecule has 2 aliphatic carbocycles. The van der Waals surface area contributed by atoms with Crippen LogP contribution in [0.2, 0.25) is 0 Å². The number of amides is 2. The molecular formula is C16H12BrN3O5. The summed E-state index contributed by atoms with van der Waals surface area (Å²) in [5, 5.41) is 25.7. The topological polar surface area (TPSA) is 113 Å². The van der Waals surface area contributed by atoms with Crippen molar-refractivity contribution in [3.8, 4) is 5.75 Å². The molecule has 0 radical (unpaired) electrons. The van der Waals surface area contributed by atoms with Crippen molar-refractivity contribution in [1.29, 1.82) is 0 Å². The number of nitrogens with zero attached hydrogens (tertiary/aromatic N) is 3. The Morgan fingerprint density at radius 2 is 1.84 bits per heavy atom. The Labute approximate surface area is 150 Å². The zero-order chi connectivity index (χ0) is 17.9. The van der Waals surface area contributed by atoms with Crippen molar-refractivity contribution >= 4 is 39.6 Å². The van der Waals surface area contributed by atoms with E-state index in [1.807, 2.05) is 12.2 Å². The van der Waals surface area contributed by atoms with Crippen LogP contribution in [0, 0.1) is 33.8 Å². The number of aromatic hydroxyl groups is 1. The van der Waals surface area contributed by atoms with Crippen molar-refractivity contribution in [2.75, 3.05) is 0 Å². The summed E-state index contributed by atoms with van der Waals surface area (Å²) < 4.78 is 0.126. The van der Waals surface area contributed by atoms with E-state index in [4.69, 9.17) is 0 Å². The molecule has 0 spiro atoms. The molecule has 1 aromatic carbocycles. The molecule has 128 valence electrons. The van der Waals surface area contributed by atoms with Gasteiger partial charge in [0.05, 0.1) is 27.4 Å². The Kier molecular flexibility index (Phi) is 3.50. The summed E-state index contributed by atoms with van der Waals surface area (Å²) in [5.41, 5.74) is -0.204. The molecule has 2 amide bonds. The number of phenolic OH excluding ortho intramolecular Hbond substituents is 1. The van der Waals surface area contributed by atoms with Crippen molar-refractivity contribution in [3.05, 3.63) is 44.4 Å². The van der Waals surface area contributed by atoms with Crippen LogP contribution < -0.4 is 0 Å². The largest absolute Gasteiger partial charge is 0.506 e. The summed E-state index contributed by atoms with van der Waals surface area (Å²) in [6.45, 7) is 0. The average Bonchev–Trinajstić information content (AvgIpc) is 3.24. The number of nitro groups is 1. The Balaban J connectivity index is 1.64. The number of fused-ring (bicyclic) bond motifs is 5. The van der Waals surface area contributed by atoms with Crippen LogP contribution >= 0.6 is 15.9 Å². The van der Waals surface area contributed by atoms with Gasteiger partial charge in [0.15, 0.2) is 0 Å². The number of allylic oxidation sites excluding steroid dienone is 2. The van der Waals surface area contributed by atoms with Gasteiger partial charge in [-0.3, -0.25) is 19.7 Å². The molecule has 1 saturated carbocycles. The minimum atomic E-state index is -0.610. The monoisotopic (exact) mass is 405 g/mol.